The van der Waals surface area contributed by atoms with Crippen LogP contribution >= 0.6 is 31.9 Å². The summed E-state index contributed by atoms with van der Waals surface area (Å²) in [5.74, 6) is 0. The van der Waals surface area contributed by atoms with Crippen molar-refractivity contribution in [3.8, 4) is 0 Å². The van der Waals surface area contributed by atoms with Crippen molar-refractivity contribution in [1.82, 2.24) is 0 Å². The van der Waals surface area contributed by atoms with Crippen LogP contribution in [-0.4, -0.2) is 11.4 Å². The number of para-hydroxylation sites is 4. The van der Waals surface area contributed by atoms with E-state index >= 15 is 0 Å². The number of hydrogen-bond donors (Lipinski definition) is 0. The van der Waals surface area contributed by atoms with Crippen LogP contribution in [0.3, 0.4) is 0 Å². The van der Waals surface area contributed by atoms with E-state index in [1.54, 1.807) is 12.4 Å². The molecule has 0 heterocycles. The van der Waals surface area contributed by atoms with Crippen molar-refractivity contribution in [2.75, 3.05) is 0 Å². The molecule has 0 bridgehead atoms. The summed E-state index contributed by atoms with van der Waals surface area (Å²) < 4.78 is 2.09. The molecule has 0 unspecified atom stereocenters. The van der Waals surface area contributed by atoms with Crippen LogP contribution in [0.15, 0.2) is 213 Å². The van der Waals surface area contributed by atoms with E-state index in [1.165, 1.54) is 0 Å². The molecule has 1 radical (unpaired) electrons. The first-order valence-corrected chi connectivity index (χ1v) is 16.9. The molecule has 0 atom stereocenters. The SMILES string of the molecule is Brc1ccc(C(/C=C\[N-]c2ccccc2)=Nc2ccccc2)cc1.Brc1ccc(C(/C=C\[N-]c2ccccc2)=Nc2ccccc2)cc1.[Cu+2]. The zero-order valence-electron chi connectivity index (χ0n) is 26.3. The molecule has 0 saturated carbocycles. The molecule has 0 spiro atoms. The van der Waals surface area contributed by atoms with Gasteiger partial charge in [-0.3, -0.25) is 0 Å². The van der Waals surface area contributed by atoms with Gasteiger partial charge in [0.15, 0.2) is 0 Å². The smallest absolute Gasteiger partial charge is 0.664 e. The second-order valence-corrected chi connectivity index (χ2v) is 12.1. The third kappa shape index (κ3) is 13.0. The Morgan fingerprint density at radius 2 is 0.714 bits per heavy atom. The normalized spacial score (nSPS) is 11.4. The molecule has 0 saturated heterocycles. The van der Waals surface area contributed by atoms with Crippen LogP contribution in [0.2, 0.25) is 0 Å². The molecule has 6 rings (SSSR count). The van der Waals surface area contributed by atoms with E-state index in [9.17, 15) is 0 Å². The Hall–Kier alpha value is -4.78. The van der Waals surface area contributed by atoms with Crippen LogP contribution < -0.4 is 0 Å². The number of allylic oxidation sites excluding steroid dienone is 2. The minimum Gasteiger partial charge on any atom is -0.664 e. The van der Waals surface area contributed by atoms with E-state index in [2.05, 4.69) is 42.5 Å². The van der Waals surface area contributed by atoms with Crippen molar-refractivity contribution >= 4 is 66.0 Å². The second-order valence-electron chi connectivity index (χ2n) is 10.2. The maximum atomic E-state index is 4.74. The summed E-state index contributed by atoms with van der Waals surface area (Å²) in [5.41, 5.74) is 7.50. The van der Waals surface area contributed by atoms with Gasteiger partial charge in [-0.15, -0.1) is 11.4 Å². The maximum absolute atomic E-state index is 4.74. The molecular formula is C42H32Br2CuN4. The first-order valence-electron chi connectivity index (χ1n) is 15.3. The van der Waals surface area contributed by atoms with Crippen molar-refractivity contribution in [3.05, 3.63) is 225 Å². The van der Waals surface area contributed by atoms with Gasteiger partial charge in [-0.05, 0) is 48.5 Å². The topological polar surface area (TPSA) is 52.9 Å². The van der Waals surface area contributed by atoms with Crippen LogP contribution in [0.5, 0.6) is 0 Å². The van der Waals surface area contributed by atoms with E-state index in [4.69, 9.17) is 9.98 Å². The minimum absolute atomic E-state index is 0. The molecule has 0 N–H and O–H groups in total. The van der Waals surface area contributed by atoms with Crippen LogP contribution in [0.25, 0.3) is 10.6 Å². The van der Waals surface area contributed by atoms with Crippen molar-refractivity contribution < 1.29 is 17.1 Å². The second kappa shape index (κ2) is 20.6. The molecule has 6 aromatic carbocycles. The van der Waals surface area contributed by atoms with Gasteiger partial charge in [-0.2, -0.15) is 12.4 Å². The predicted molar refractivity (Wildman–Crippen MR) is 211 cm³/mol. The number of nitrogens with zero attached hydrogens (tertiary/aromatic N) is 4. The Labute approximate surface area is 316 Å². The van der Waals surface area contributed by atoms with Gasteiger partial charge >= 0.3 is 17.1 Å². The van der Waals surface area contributed by atoms with Gasteiger partial charge < -0.3 is 10.6 Å². The summed E-state index contributed by atoms with van der Waals surface area (Å²) in [6, 6.07) is 55.8. The molecule has 6 aromatic rings. The van der Waals surface area contributed by atoms with Gasteiger partial charge in [0.1, 0.15) is 0 Å². The van der Waals surface area contributed by atoms with Crippen LogP contribution in [0, 0.1) is 0 Å². The van der Waals surface area contributed by atoms with Gasteiger partial charge in [-0.1, -0.05) is 165 Å². The standard InChI is InChI=1S/2C21H16BrN2.Cu/c2*22-18-13-11-17(12-14-18)21(24-20-9-5-2-6-10-20)15-16-23-19-7-3-1-4-8-19;/h2*1-16H;/q2*-1;+2/b2*16-15-,24-21?;. The van der Waals surface area contributed by atoms with E-state index < -0.39 is 0 Å². The average molecular weight is 816 g/mol. The van der Waals surface area contributed by atoms with E-state index in [-0.39, 0.29) is 17.1 Å². The Morgan fingerprint density at radius 1 is 0.408 bits per heavy atom. The van der Waals surface area contributed by atoms with Crippen LogP contribution in [0.4, 0.5) is 22.7 Å². The summed E-state index contributed by atoms with van der Waals surface area (Å²) >= 11 is 6.94. The van der Waals surface area contributed by atoms with Crippen LogP contribution in [0.1, 0.15) is 11.1 Å². The van der Waals surface area contributed by atoms with E-state index in [0.717, 1.165) is 54.2 Å². The maximum Gasteiger partial charge on any atom is 2.00 e. The molecule has 0 aliphatic rings. The molecule has 0 aliphatic carbocycles. The molecule has 4 nitrogen and oxygen atoms in total. The Kier molecular flexibility index (Phi) is 15.5. The Morgan fingerprint density at radius 3 is 1.04 bits per heavy atom. The third-order valence-electron chi connectivity index (χ3n) is 6.72. The summed E-state index contributed by atoms with van der Waals surface area (Å²) in [7, 11) is 0. The van der Waals surface area contributed by atoms with Gasteiger partial charge in [0.25, 0.3) is 0 Å². The number of hydrogen-bond acceptors (Lipinski definition) is 2. The summed E-state index contributed by atoms with van der Waals surface area (Å²) in [4.78, 5) is 9.49. The minimum atomic E-state index is 0. The van der Waals surface area contributed by atoms with Crippen molar-refractivity contribution in [1.29, 1.82) is 0 Å². The first kappa shape index (κ1) is 37.0. The average Bonchev–Trinajstić information content (AvgIpc) is 3.14. The zero-order chi connectivity index (χ0) is 33.2. The number of rotatable bonds is 10. The molecule has 0 fully saturated rings. The van der Waals surface area contributed by atoms with Gasteiger partial charge in [0.05, 0.1) is 22.8 Å². The summed E-state index contributed by atoms with van der Waals surface area (Å²) in [6.07, 6.45) is 7.45. The third-order valence-corrected chi connectivity index (χ3v) is 7.77. The van der Waals surface area contributed by atoms with Gasteiger partial charge in [-0.25, -0.2) is 9.98 Å². The predicted octanol–water partition coefficient (Wildman–Crippen LogP) is 13.6. The number of benzene rings is 6. The molecule has 245 valence electrons. The van der Waals surface area contributed by atoms with Gasteiger partial charge in [0, 0.05) is 20.1 Å². The number of aliphatic imine (C=N–C) groups is 2. The van der Waals surface area contributed by atoms with Crippen molar-refractivity contribution in [2.24, 2.45) is 9.98 Å². The Balaban J connectivity index is 0.000000216. The fraction of sp³-hybridized carbons (Fsp3) is 0. The molecular weight excluding hydrogens is 784 g/mol. The Bertz CT molecular complexity index is 1800. The molecule has 49 heavy (non-hydrogen) atoms. The van der Waals surface area contributed by atoms with Crippen LogP contribution in [-0.2, 0) is 17.1 Å². The van der Waals surface area contributed by atoms with Gasteiger partial charge in [0.2, 0.25) is 0 Å². The molecule has 0 aromatic heterocycles. The monoisotopic (exact) mass is 813 g/mol. The molecule has 0 amide bonds. The van der Waals surface area contributed by atoms with E-state index in [0.29, 0.717) is 0 Å². The quantitative estimate of drug-likeness (QED) is 0.0977. The summed E-state index contributed by atoms with van der Waals surface area (Å²) in [5, 5.41) is 8.92. The van der Waals surface area contributed by atoms with Crippen molar-refractivity contribution in [3.63, 3.8) is 0 Å². The van der Waals surface area contributed by atoms with E-state index in [1.807, 2.05) is 182 Å². The largest absolute Gasteiger partial charge is 2.00 e. The van der Waals surface area contributed by atoms with Crippen molar-refractivity contribution in [2.45, 2.75) is 0 Å². The number of halogens is 2. The fourth-order valence-corrected chi connectivity index (χ4v) is 4.87. The fourth-order valence-electron chi connectivity index (χ4n) is 4.34. The molecule has 0 aliphatic heterocycles. The molecule has 7 heteroatoms. The summed E-state index contributed by atoms with van der Waals surface area (Å²) in [6.45, 7) is 0. The first-order chi connectivity index (χ1) is 23.6. The zero-order valence-corrected chi connectivity index (χ0v) is 30.4.